The van der Waals surface area contributed by atoms with Crippen LogP contribution in [0.15, 0.2) is 71.0 Å². The molecule has 2 aromatic rings. The lowest BCUT2D eigenvalue weighted by molar-refractivity contribution is 0.0251. The molecule has 0 saturated carbocycles. The third-order valence-electron chi connectivity index (χ3n) is 6.46. The molecule has 0 spiro atoms. The third kappa shape index (κ3) is 5.30. The SMILES string of the molecule is C=CC[C@@H]1[C@H](O)[C@@H](S(=O)(=O)c2ccc(C)cc2)C[C@H](CC(C)C)N1S(=O)(=O)c1ccc(C)cc1. The molecule has 0 aliphatic carbocycles. The van der Waals surface area contributed by atoms with Gasteiger partial charge in [0.1, 0.15) is 0 Å². The lowest BCUT2D eigenvalue weighted by Gasteiger charge is -2.47. The molecule has 4 atom stereocenters. The first kappa shape index (κ1) is 26.6. The summed E-state index contributed by atoms with van der Waals surface area (Å²) in [6.45, 7) is 11.5. The summed E-state index contributed by atoms with van der Waals surface area (Å²) in [4.78, 5) is 0.269. The molecule has 0 radical (unpaired) electrons. The van der Waals surface area contributed by atoms with Gasteiger partial charge in [-0.15, -0.1) is 6.58 Å². The summed E-state index contributed by atoms with van der Waals surface area (Å²) in [6, 6.07) is 11.6. The van der Waals surface area contributed by atoms with Crippen LogP contribution in [0.5, 0.6) is 0 Å². The number of piperidine rings is 1. The molecule has 0 unspecified atom stereocenters. The Morgan fingerprint density at radius 2 is 1.47 bits per heavy atom. The maximum atomic E-state index is 13.8. The van der Waals surface area contributed by atoms with Crippen molar-refractivity contribution in [3.8, 4) is 0 Å². The van der Waals surface area contributed by atoms with Crippen LogP contribution in [0.3, 0.4) is 0 Å². The number of sulfone groups is 1. The zero-order valence-electron chi connectivity index (χ0n) is 20.3. The van der Waals surface area contributed by atoms with Crippen LogP contribution in [0, 0.1) is 19.8 Å². The zero-order chi connectivity index (χ0) is 25.3. The van der Waals surface area contributed by atoms with Gasteiger partial charge in [-0.05, 0) is 63.3 Å². The molecular formula is C26H35NO5S2. The molecule has 1 aliphatic heterocycles. The minimum atomic E-state index is -3.99. The van der Waals surface area contributed by atoms with E-state index < -0.39 is 43.3 Å². The predicted octanol–water partition coefficient (Wildman–Crippen LogP) is 4.26. The van der Waals surface area contributed by atoms with E-state index in [9.17, 15) is 21.9 Å². The first-order valence-corrected chi connectivity index (χ1v) is 14.6. The first-order valence-electron chi connectivity index (χ1n) is 11.6. The number of hydrogen-bond acceptors (Lipinski definition) is 5. The van der Waals surface area contributed by atoms with Gasteiger partial charge in [0.25, 0.3) is 0 Å². The lowest BCUT2D eigenvalue weighted by Crippen LogP contribution is -2.62. The number of aryl methyl sites for hydroxylation is 2. The van der Waals surface area contributed by atoms with E-state index >= 15 is 0 Å². The van der Waals surface area contributed by atoms with Crippen molar-refractivity contribution in [2.75, 3.05) is 0 Å². The molecule has 0 amide bonds. The summed E-state index contributed by atoms with van der Waals surface area (Å²) in [7, 11) is -7.88. The van der Waals surface area contributed by atoms with Gasteiger partial charge < -0.3 is 5.11 Å². The standard InChI is InChI=1S/C26H35NO5S2/c1-6-7-24-26(28)25(33(29,30)22-12-8-19(4)9-13-22)17-21(16-18(2)3)27(24)34(31,32)23-14-10-20(5)11-15-23/h6,8-15,18,21,24-26,28H,1,7,16-17H2,2-5H3/t21-,24+,25-,26-/m0/s1. The Labute approximate surface area is 204 Å². The summed E-state index contributed by atoms with van der Waals surface area (Å²) in [5, 5.41) is 10.2. The lowest BCUT2D eigenvalue weighted by atomic mass is 9.89. The van der Waals surface area contributed by atoms with Crippen molar-refractivity contribution in [1.82, 2.24) is 4.31 Å². The molecular weight excluding hydrogens is 470 g/mol. The van der Waals surface area contributed by atoms with E-state index in [4.69, 9.17) is 0 Å². The summed E-state index contributed by atoms with van der Waals surface area (Å²) in [5.74, 6) is 0.128. The molecule has 1 heterocycles. The number of aliphatic hydroxyl groups excluding tert-OH is 1. The maximum Gasteiger partial charge on any atom is 0.243 e. The molecule has 6 nitrogen and oxygen atoms in total. The van der Waals surface area contributed by atoms with Crippen LogP contribution >= 0.6 is 0 Å². The highest BCUT2D eigenvalue weighted by Crippen LogP contribution is 2.39. The zero-order valence-corrected chi connectivity index (χ0v) is 21.9. The number of sulfonamides is 1. The van der Waals surface area contributed by atoms with Gasteiger partial charge in [-0.25, -0.2) is 16.8 Å². The van der Waals surface area contributed by atoms with Crippen LogP contribution in [0.2, 0.25) is 0 Å². The molecule has 3 rings (SSSR count). The van der Waals surface area contributed by atoms with Gasteiger partial charge in [0, 0.05) is 6.04 Å². The Kier molecular flexibility index (Phi) is 8.07. The molecule has 0 aromatic heterocycles. The molecule has 2 aromatic carbocycles. The minimum absolute atomic E-state index is 0.0221. The fraction of sp³-hybridized carbons (Fsp3) is 0.462. The minimum Gasteiger partial charge on any atom is -0.390 e. The molecule has 1 fully saturated rings. The van der Waals surface area contributed by atoms with Crippen LogP contribution in [0.4, 0.5) is 0 Å². The fourth-order valence-corrected chi connectivity index (χ4v) is 8.50. The Hall–Kier alpha value is -2.00. The van der Waals surface area contributed by atoms with Crippen LogP contribution in [-0.4, -0.2) is 49.7 Å². The number of nitrogens with zero attached hydrogens (tertiary/aromatic N) is 1. The highest BCUT2D eigenvalue weighted by molar-refractivity contribution is 7.92. The van der Waals surface area contributed by atoms with Gasteiger partial charge in [0.15, 0.2) is 9.84 Å². The highest BCUT2D eigenvalue weighted by Gasteiger charge is 2.51. The van der Waals surface area contributed by atoms with Crippen molar-refractivity contribution in [3.63, 3.8) is 0 Å². The van der Waals surface area contributed by atoms with E-state index in [0.29, 0.717) is 6.42 Å². The molecule has 186 valence electrons. The van der Waals surface area contributed by atoms with E-state index in [1.165, 1.54) is 4.31 Å². The van der Waals surface area contributed by atoms with Crippen molar-refractivity contribution < 1.29 is 21.9 Å². The molecule has 0 bridgehead atoms. The Morgan fingerprint density at radius 1 is 0.971 bits per heavy atom. The number of benzene rings is 2. The number of rotatable bonds is 8. The fourth-order valence-electron chi connectivity index (χ4n) is 4.76. The topological polar surface area (TPSA) is 91.8 Å². The number of hydrogen-bond donors (Lipinski definition) is 1. The second kappa shape index (κ2) is 10.3. The smallest absolute Gasteiger partial charge is 0.243 e. The van der Waals surface area contributed by atoms with Crippen molar-refractivity contribution in [2.45, 2.75) is 80.2 Å². The average molecular weight is 506 g/mol. The van der Waals surface area contributed by atoms with Gasteiger partial charge in [0.2, 0.25) is 10.0 Å². The molecule has 1 saturated heterocycles. The first-order chi connectivity index (χ1) is 15.9. The van der Waals surface area contributed by atoms with E-state index in [1.807, 2.05) is 27.7 Å². The third-order valence-corrected chi connectivity index (χ3v) is 10.7. The van der Waals surface area contributed by atoms with E-state index in [0.717, 1.165) is 11.1 Å². The monoisotopic (exact) mass is 505 g/mol. The highest BCUT2D eigenvalue weighted by atomic mass is 32.2. The van der Waals surface area contributed by atoms with Crippen LogP contribution in [-0.2, 0) is 19.9 Å². The summed E-state index contributed by atoms with van der Waals surface area (Å²) in [5.41, 5.74) is 1.86. The van der Waals surface area contributed by atoms with Crippen molar-refractivity contribution in [1.29, 1.82) is 0 Å². The van der Waals surface area contributed by atoms with Gasteiger partial charge in [-0.1, -0.05) is 55.3 Å². The van der Waals surface area contributed by atoms with E-state index in [-0.39, 0.29) is 28.6 Å². The largest absolute Gasteiger partial charge is 0.390 e. The molecule has 8 heteroatoms. The van der Waals surface area contributed by atoms with E-state index in [1.54, 1.807) is 54.6 Å². The van der Waals surface area contributed by atoms with E-state index in [2.05, 4.69) is 6.58 Å². The summed E-state index contributed by atoms with van der Waals surface area (Å²) in [6.07, 6.45) is 0.784. The van der Waals surface area contributed by atoms with Gasteiger partial charge in [-0.3, -0.25) is 0 Å². The Balaban J connectivity index is 2.11. The predicted molar refractivity (Wildman–Crippen MR) is 135 cm³/mol. The molecule has 34 heavy (non-hydrogen) atoms. The van der Waals surface area contributed by atoms with Crippen LogP contribution < -0.4 is 0 Å². The van der Waals surface area contributed by atoms with Crippen molar-refractivity contribution >= 4 is 19.9 Å². The normalized spacial score (nSPS) is 24.3. The van der Waals surface area contributed by atoms with Crippen LogP contribution in [0.25, 0.3) is 0 Å². The quantitative estimate of drug-likeness (QED) is 0.541. The van der Waals surface area contributed by atoms with Gasteiger partial charge in [-0.2, -0.15) is 4.31 Å². The van der Waals surface area contributed by atoms with Gasteiger partial charge >= 0.3 is 0 Å². The Bertz CT molecular complexity index is 1200. The number of aliphatic hydroxyl groups is 1. The van der Waals surface area contributed by atoms with Crippen molar-refractivity contribution in [3.05, 3.63) is 72.3 Å². The molecule has 1 N–H and O–H groups in total. The van der Waals surface area contributed by atoms with Crippen molar-refractivity contribution in [2.24, 2.45) is 5.92 Å². The van der Waals surface area contributed by atoms with Gasteiger partial charge in [0.05, 0.1) is 27.2 Å². The second-order valence-electron chi connectivity index (χ2n) is 9.65. The maximum absolute atomic E-state index is 13.8. The molecule has 1 aliphatic rings. The summed E-state index contributed by atoms with van der Waals surface area (Å²) >= 11 is 0. The average Bonchev–Trinajstić information content (AvgIpc) is 2.76. The second-order valence-corrected chi connectivity index (χ2v) is 13.7. The Morgan fingerprint density at radius 3 is 1.94 bits per heavy atom. The van der Waals surface area contributed by atoms with Crippen LogP contribution in [0.1, 0.15) is 44.2 Å². The summed E-state index contributed by atoms with van der Waals surface area (Å²) < 4.78 is 56.2.